The number of quaternary nitrogens is 1. The number of anilines is 1. The van der Waals surface area contributed by atoms with Gasteiger partial charge in [0.05, 0.1) is 22.8 Å². The van der Waals surface area contributed by atoms with E-state index in [-0.39, 0.29) is 10.6 Å². The molecular formula is C17H19N5O2+2. The Hall–Kier alpha value is -2.98. The van der Waals surface area contributed by atoms with E-state index in [9.17, 15) is 10.1 Å². The van der Waals surface area contributed by atoms with Crippen molar-refractivity contribution in [1.82, 2.24) is 0 Å². The molecule has 1 fully saturated rings. The number of nitrogens with one attached hydrogen (secondary N) is 2. The fraction of sp³-hybridized carbons (Fsp3) is 0.294. The number of nitriles is 1. The molecule has 0 unspecified atom stereocenters. The van der Waals surface area contributed by atoms with E-state index in [2.05, 4.69) is 11.1 Å². The van der Waals surface area contributed by atoms with E-state index in [4.69, 9.17) is 5.26 Å². The van der Waals surface area contributed by atoms with Gasteiger partial charge >= 0.3 is 11.5 Å². The second-order valence-corrected chi connectivity index (χ2v) is 5.88. The number of aromatic amines is 1. The van der Waals surface area contributed by atoms with Crippen molar-refractivity contribution in [2.24, 2.45) is 0 Å². The fourth-order valence-corrected chi connectivity index (χ4v) is 3.03. The lowest BCUT2D eigenvalue weighted by Crippen LogP contribution is -3.13. The molecular weight excluding hydrogens is 306 g/mol. The molecule has 1 aliphatic heterocycles. The van der Waals surface area contributed by atoms with Gasteiger partial charge in [-0.25, -0.2) is 9.88 Å². The van der Waals surface area contributed by atoms with Crippen LogP contribution in [0.2, 0.25) is 0 Å². The van der Waals surface area contributed by atoms with Crippen LogP contribution in [0.1, 0.15) is 11.1 Å². The molecule has 0 radical (unpaired) electrons. The molecule has 0 aliphatic carbocycles. The lowest BCUT2D eigenvalue weighted by Gasteiger charge is -2.28. The van der Waals surface area contributed by atoms with E-state index in [0.717, 1.165) is 32.7 Å². The minimum Gasteiger partial charge on any atom is -0.325 e. The topological polar surface area (TPSA) is 88.8 Å². The Morgan fingerprint density at radius 1 is 1.25 bits per heavy atom. The van der Waals surface area contributed by atoms with Crippen LogP contribution in [0.5, 0.6) is 0 Å². The summed E-state index contributed by atoms with van der Waals surface area (Å²) >= 11 is 0. The van der Waals surface area contributed by atoms with Crippen molar-refractivity contribution in [2.45, 2.75) is 6.54 Å². The number of nitro groups is 1. The lowest BCUT2D eigenvalue weighted by atomic mass is 10.1. The number of piperazine rings is 1. The zero-order chi connectivity index (χ0) is 16.9. The molecule has 0 saturated carbocycles. The van der Waals surface area contributed by atoms with Crippen molar-refractivity contribution in [2.75, 3.05) is 31.1 Å². The third kappa shape index (κ3) is 3.50. The Morgan fingerprint density at radius 2 is 1.96 bits per heavy atom. The Morgan fingerprint density at radius 3 is 2.58 bits per heavy atom. The van der Waals surface area contributed by atoms with E-state index in [0.29, 0.717) is 11.4 Å². The highest BCUT2D eigenvalue weighted by Crippen LogP contribution is 2.21. The highest BCUT2D eigenvalue weighted by atomic mass is 16.6. The first-order valence-electron chi connectivity index (χ1n) is 7.90. The van der Waals surface area contributed by atoms with Crippen LogP contribution in [0.25, 0.3) is 0 Å². The quantitative estimate of drug-likeness (QED) is 0.642. The number of H-pyrrole nitrogens is 1. The van der Waals surface area contributed by atoms with Crippen LogP contribution in [-0.4, -0.2) is 31.1 Å². The predicted octanol–water partition coefficient (Wildman–Crippen LogP) is 0.186. The van der Waals surface area contributed by atoms with E-state index < -0.39 is 0 Å². The highest BCUT2D eigenvalue weighted by Gasteiger charge is 2.32. The summed E-state index contributed by atoms with van der Waals surface area (Å²) < 4.78 is 0. The van der Waals surface area contributed by atoms with Gasteiger partial charge in [0.2, 0.25) is 0 Å². The predicted molar refractivity (Wildman–Crippen MR) is 87.4 cm³/mol. The summed E-state index contributed by atoms with van der Waals surface area (Å²) in [6.07, 6.45) is 1.72. The van der Waals surface area contributed by atoms with Crippen LogP contribution in [-0.2, 0) is 6.54 Å². The number of hydrogen-bond donors (Lipinski definition) is 1. The van der Waals surface area contributed by atoms with Crippen molar-refractivity contribution >= 4 is 11.5 Å². The molecule has 2 N–H and O–H groups in total. The van der Waals surface area contributed by atoms with Gasteiger partial charge in [-0.1, -0.05) is 12.1 Å². The Bertz CT molecular complexity index is 761. The molecule has 7 nitrogen and oxygen atoms in total. The molecule has 2 aromatic rings. The average Bonchev–Trinajstić information content (AvgIpc) is 2.63. The molecule has 24 heavy (non-hydrogen) atoms. The molecule has 122 valence electrons. The summed E-state index contributed by atoms with van der Waals surface area (Å²) in [7, 11) is 0. The maximum atomic E-state index is 11.2. The van der Waals surface area contributed by atoms with Gasteiger partial charge in [-0.3, -0.25) is 10.1 Å². The second kappa shape index (κ2) is 7.06. The number of aromatic nitrogens is 1. The smallest absolute Gasteiger partial charge is 0.325 e. The van der Waals surface area contributed by atoms with E-state index in [1.807, 2.05) is 29.2 Å². The van der Waals surface area contributed by atoms with Gasteiger partial charge in [-0.15, -0.1) is 0 Å². The highest BCUT2D eigenvalue weighted by molar-refractivity contribution is 5.53. The zero-order valence-corrected chi connectivity index (χ0v) is 13.2. The van der Waals surface area contributed by atoms with Crippen LogP contribution in [0.3, 0.4) is 0 Å². The molecule has 0 atom stereocenters. The van der Waals surface area contributed by atoms with Gasteiger partial charge in [0.1, 0.15) is 32.7 Å². The molecule has 2 heterocycles. The van der Waals surface area contributed by atoms with Crippen molar-refractivity contribution in [3.8, 4) is 6.07 Å². The van der Waals surface area contributed by atoms with E-state index in [1.165, 1.54) is 16.5 Å². The third-order valence-corrected chi connectivity index (χ3v) is 4.33. The normalized spacial score (nSPS) is 15.0. The largest absolute Gasteiger partial charge is 0.357 e. The van der Waals surface area contributed by atoms with E-state index in [1.54, 1.807) is 12.3 Å². The summed E-state index contributed by atoms with van der Waals surface area (Å²) in [5.41, 5.74) is 1.99. The molecule has 1 aromatic heterocycles. The van der Waals surface area contributed by atoms with Gasteiger partial charge in [0, 0.05) is 11.6 Å². The zero-order valence-electron chi connectivity index (χ0n) is 13.2. The van der Waals surface area contributed by atoms with Crippen molar-refractivity contribution in [3.05, 3.63) is 63.8 Å². The summed E-state index contributed by atoms with van der Waals surface area (Å²) in [5.74, 6) is 0.583. The van der Waals surface area contributed by atoms with Crippen molar-refractivity contribution < 1.29 is 14.8 Å². The summed E-state index contributed by atoms with van der Waals surface area (Å²) in [6.45, 7) is 4.28. The number of pyridine rings is 1. The molecule has 3 rings (SSSR count). The SMILES string of the molecule is N#Cc1ccc(C[NH+]2CCN(c3[nH+]cccc3[N+](=O)[O-])CC2)cc1. The van der Waals surface area contributed by atoms with Gasteiger partial charge in [0.15, 0.2) is 0 Å². The summed E-state index contributed by atoms with van der Waals surface area (Å²) in [5, 5.41) is 20.0. The fourth-order valence-electron chi connectivity index (χ4n) is 3.03. The number of benzene rings is 1. The number of hydrogen-bond acceptors (Lipinski definition) is 4. The van der Waals surface area contributed by atoms with Crippen LogP contribution in [0, 0.1) is 21.4 Å². The van der Waals surface area contributed by atoms with Gasteiger partial charge in [-0.05, 0) is 18.2 Å². The Labute approximate surface area is 139 Å². The first kappa shape index (κ1) is 15.9. The first-order valence-corrected chi connectivity index (χ1v) is 7.90. The molecule has 1 aromatic carbocycles. The molecule has 0 bridgehead atoms. The second-order valence-electron chi connectivity index (χ2n) is 5.88. The molecule has 0 amide bonds. The average molecular weight is 325 g/mol. The third-order valence-electron chi connectivity index (χ3n) is 4.33. The van der Waals surface area contributed by atoms with Crippen molar-refractivity contribution in [3.63, 3.8) is 0 Å². The minimum absolute atomic E-state index is 0.119. The standard InChI is InChI=1S/C17H17N5O2/c18-12-14-3-5-15(6-4-14)13-20-8-10-21(11-9-20)17-16(22(23)24)2-1-7-19-17/h1-7H,8-11,13H2/p+2. The molecule has 7 heteroatoms. The monoisotopic (exact) mass is 325 g/mol. The van der Waals surface area contributed by atoms with E-state index >= 15 is 0 Å². The number of nitrogens with zero attached hydrogens (tertiary/aromatic N) is 3. The Balaban J connectivity index is 1.62. The maximum Gasteiger partial charge on any atom is 0.357 e. The van der Waals surface area contributed by atoms with Crippen LogP contribution in [0.4, 0.5) is 11.5 Å². The summed E-state index contributed by atoms with van der Waals surface area (Å²) in [4.78, 5) is 17.3. The molecule has 1 saturated heterocycles. The van der Waals surface area contributed by atoms with Crippen LogP contribution >= 0.6 is 0 Å². The van der Waals surface area contributed by atoms with Gasteiger partial charge < -0.3 is 4.90 Å². The number of rotatable bonds is 4. The maximum absolute atomic E-state index is 11.2. The molecule has 0 spiro atoms. The Kier molecular flexibility index (Phi) is 4.68. The summed E-state index contributed by atoms with van der Waals surface area (Å²) in [6, 6.07) is 13.0. The van der Waals surface area contributed by atoms with Crippen LogP contribution < -0.4 is 14.8 Å². The van der Waals surface area contributed by atoms with Crippen LogP contribution in [0.15, 0.2) is 42.6 Å². The van der Waals surface area contributed by atoms with Gasteiger partial charge in [0.25, 0.3) is 0 Å². The minimum atomic E-state index is -0.345. The van der Waals surface area contributed by atoms with Gasteiger partial charge in [-0.2, -0.15) is 5.26 Å². The lowest BCUT2D eigenvalue weighted by molar-refractivity contribution is -0.914. The van der Waals surface area contributed by atoms with Crippen molar-refractivity contribution in [1.29, 1.82) is 5.26 Å². The first-order chi connectivity index (χ1) is 11.7. The molecule has 1 aliphatic rings.